The third-order valence-corrected chi connectivity index (χ3v) is 2.26. The molecule has 0 bridgehead atoms. The van der Waals surface area contributed by atoms with Crippen LogP contribution in [0.3, 0.4) is 0 Å². The Hall–Kier alpha value is -1.36. The first-order valence-electron chi connectivity index (χ1n) is 4.73. The number of methoxy groups -OCH3 is 1. The van der Waals surface area contributed by atoms with E-state index < -0.39 is 0 Å². The minimum absolute atomic E-state index is 0.470. The first-order valence-corrected chi connectivity index (χ1v) is 4.73. The van der Waals surface area contributed by atoms with E-state index in [1.54, 1.807) is 13.2 Å². The predicted octanol–water partition coefficient (Wildman–Crippen LogP) is 0.259. The first kappa shape index (κ1) is 9.21. The molecule has 1 atom stereocenters. The van der Waals surface area contributed by atoms with Crippen molar-refractivity contribution in [1.29, 1.82) is 0 Å². The van der Waals surface area contributed by atoms with Gasteiger partial charge in [-0.15, -0.1) is 10.2 Å². The van der Waals surface area contributed by atoms with Crippen molar-refractivity contribution in [3.05, 3.63) is 12.1 Å². The molecule has 76 valence electrons. The molecule has 0 saturated carbocycles. The normalized spacial score (nSPS) is 20.8. The van der Waals surface area contributed by atoms with E-state index in [1.807, 2.05) is 6.07 Å². The van der Waals surface area contributed by atoms with Crippen molar-refractivity contribution in [1.82, 2.24) is 15.5 Å². The average molecular weight is 194 g/mol. The highest BCUT2D eigenvalue weighted by Gasteiger charge is 2.14. The molecule has 0 radical (unpaired) electrons. The summed E-state index contributed by atoms with van der Waals surface area (Å²) in [5, 5.41) is 14.5. The van der Waals surface area contributed by atoms with E-state index in [-0.39, 0.29) is 0 Å². The van der Waals surface area contributed by atoms with Gasteiger partial charge >= 0.3 is 0 Å². The van der Waals surface area contributed by atoms with E-state index in [2.05, 4.69) is 20.8 Å². The number of hydrogen-bond donors (Lipinski definition) is 2. The molecule has 14 heavy (non-hydrogen) atoms. The molecule has 1 fully saturated rings. The van der Waals surface area contributed by atoms with Crippen molar-refractivity contribution < 1.29 is 4.74 Å². The molecule has 1 saturated heterocycles. The third kappa shape index (κ3) is 2.11. The van der Waals surface area contributed by atoms with E-state index in [0.717, 1.165) is 25.3 Å². The molecule has 0 aromatic carbocycles. The number of hydrogen-bond acceptors (Lipinski definition) is 5. The zero-order valence-electron chi connectivity index (χ0n) is 8.16. The van der Waals surface area contributed by atoms with E-state index in [1.165, 1.54) is 0 Å². The minimum Gasteiger partial charge on any atom is -0.480 e. The van der Waals surface area contributed by atoms with Crippen molar-refractivity contribution in [2.75, 3.05) is 25.5 Å². The zero-order valence-corrected chi connectivity index (χ0v) is 8.16. The highest BCUT2D eigenvalue weighted by atomic mass is 16.5. The summed E-state index contributed by atoms with van der Waals surface area (Å²) in [5.41, 5.74) is 0. The summed E-state index contributed by atoms with van der Waals surface area (Å²) in [6.07, 6.45) is 1.13. The molecule has 0 aliphatic carbocycles. The molecular formula is C9H14N4O. The molecule has 0 spiro atoms. The van der Waals surface area contributed by atoms with Gasteiger partial charge in [0.05, 0.1) is 7.11 Å². The summed E-state index contributed by atoms with van der Waals surface area (Å²) < 4.78 is 4.93. The molecule has 2 rings (SSSR count). The van der Waals surface area contributed by atoms with Crippen LogP contribution in [0.5, 0.6) is 5.88 Å². The highest BCUT2D eigenvalue weighted by Crippen LogP contribution is 2.10. The van der Waals surface area contributed by atoms with Gasteiger partial charge in [0.15, 0.2) is 0 Å². The Bertz CT molecular complexity index is 281. The van der Waals surface area contributed by atoms with Crippen LogP contribution >= 0.6 is 0 Å². The first-order chi connectivity index (χ1) is 6.88. The van der Waals surface area contributed by atoms with Crippen molar-refractivity contribution in [3.8, 4) is 5.88 Å². The van der Waals surface area contributed by atoms with E-state index in [9.17, 15) is 0 Å². The van der Waals surface area contributed by atoms with Crippen LogP contribution in [0.4, 0.5) is 5.82 Å². The zero-order chi connectivity index (χ0) is 9.80. The monoisotopic (exact) mass is 194 g/mol. The van der Waals surface area contributed by atoms with Crippen LogP contribution < -0.4 is 15.4 Å². The fourth-order valence-corrected chi connectivity index (χ4v) is 1.49. The van der Waals surface area contributed by atoms with Crippen molar-refractivity contribution in [2.24, 2.45) is 0 Å². The maximum atomic E-state index is 4.93. The quantitative estimate of drug-likeness (QED) is 0.722. The fourth-order valence-electron chi connectivity index (χ4n) is 1.49. The van der Waals surface area contributed by atoms with Crippen LogP contribution in [-0.2, 0) is 0 Å². The third-order valence-electron chi connectivity index (χ3n) is 2.26. The predicted molar refractivity (Wildman–Crippen MR) is 53.5 cm³/mol. The summed E-state index contributed by atoms with van der Waals surface area (Å²) in [6, 6.07) is 4.15. The van der Waals surface area contributed by atoms with E-state index in [0.29, 0.717) is 11.9 Å². The van der Waals surface area contributed by atoms with Crippen LogP contribution in [0.25, 0.3) is 0 Å². The molecule has 1 aliphatic rings. The molecular weight excluding hydrogens is 180 g/mol. The Kier molecular flexibility index (Phi) is 2.78. The van der Waals surface area contributed by atoms with Gasteiger partial charge in [-0.2, -0.15) is 0 Å². The average Bonchev–Trinajstić information content (AvgIpc) is 2.72. The van der Waals surface area contributed by atoms with E-state index >= 15 is 0 Å². The molecule has 1 unspecified atom stereocenters. The van der Waals surface area contributed by atoms with Crippen LogP contribution in [0.15, 0.2) is 12.1 Å². The van der Waals surface area contributed by atoms with Crippen LogP contribution in [-0.4, -0.2) is 36.4 Å². The number of nitrogens with zero attached hydrogens (tertiary/aromatic N) is 2. The molecule has 1 aromatic rings. The number of ether oxygens (including phenoxy) is 1. The van der Waals surface area contributed by atoms with Gasteiger partial charge in [-0.05, 0) is 19.0 Å². The van der Waals surface area contributed by atoms with Gasteiger partial charge < -0.3 is 15.4 Å². The largest absolute Gasteiger partial charge is 0.480 e. The summed E-state index contributed by atoms with van der Waals surface area (Å²) >= 11 is 0. The summed E-state index contributed by atoms with van der Waals surface area (Å²) in [7, 11) is 1.58. The molecule has 2 N–H and O–H groups in total. The summed E-state index contributed by atoms with van der Waals surface area (Å²) in [6.45, 7) is 2.06. The standard InChI is InChI=1S/C9H14N4O/c1-14-9-3-2-8(12-13-9)11-7-4-5-10-6-7/h2-3,7,10H,4-6H2,1H3,(H,11,12). The smallest absolute Gasteiger partial charge is 0.233 e. The lowest BCUT2D eigenvalue weighted by atomic mass is 10.2. The van der Waals surface area contributed by atoms with Crippen molar-refractivity contribution in [2.45, 2.75) is 12.5 Å². The van der Waals surface area contributed by atoms with Gasteiger partial charge in [0.2, 0.25) is 5.88 Å². The lowest BCUT2D eigenvalue weighted by molar-refractivity contribution is 0.392. The Balaban J connectivity index is 1.95. The second-order valence-electron chi connectivity index (χ2n) is 3.29. The SMILES string of the molecule is COc1ccc(NC2CCNC2)nn1. The van der Waals surface area contributed by atoms with Gasteiger partial charge in [-0.1, -0.05) is 0 Å². The van der Waals surface area contributed by atoms with E-state index in [4.69, 9.17) is 4.74 Å². The second kappa shape index (κ2) is 4.23. The second-order valence-corrected chi connectivity index (χ2v) is 3.29. The van der Waals surface area contributed by atoms with Gasteiger partial charge in [0.1, 0.15) is 5.82 Å². The van der Waals surface area contributed by atoms with Crippen LogP contribution in [0.2, 0.25) is 0 Å². The Morgan fingerprint density at radius 1 is 1.50 bits per heavy atom. The van der Waals surface area contributed by atoms with Crippen molar-refractivity contribution in [3.63, 3.8) is 0 Å². The molecule has 0 amide bonds. The highest BCUT2D eigenvalue weighted by molar-refractivity contribution is 5.35. The van der Waals surface area contributed by atoms with Crippen LogP contribution in [0.1, 0.15) is 6.42 Å². The molecule has 5 nitrogen and oxygen atoms in total. The molecule has 1 aromatic heterocycles. The lowest BCUT2D eigenvalue weighted by Gasteiger charge is -2.10. The molecule has 5 heteroatoms. The van der Waals surface area contributed by atoms with Gasteiger partial charge in [-0.25, -0.2) is 0 Å². The molecule has 1 aliphatic heterocycles. The summed E-state index contributed by atoms with van der Waals surface area (Å²) in [4.78, 5) is 0. The Labute approximate surface area is 82.9 Å². The number of anilines is 1. The van der Waals surface area contributed by atoms with Gasteiger partial charge in [-0.3, -0.25) is 0 Å². The number of aromatic nitrogens is 2. The number of nitrogens with one attached hydrogen (secondary N) is 2. The van der Waals surface area contributed by atoms with Gasteiger partial charge in [0, 0.05) is 18.7 Å². The molecule has 2 heterocycles. The van der Waals surface area contributed by atoms with Crippen molar-refractivity contribution >= 4 is 5.82 Å². The summed E-state index contributed by atoms with van der Waals surface area (Å²) in [5.74, 6) is 1.35. The topological polar surface area (TPSA) is 59.1 Å². The van der Waals surface area contributed by atoms with Gasteiger partial charge in [0.25, 0.3) is 0 Å². The maximum absolute atomic E-state index is 4.93. The maximum Gasteiger partial charge on any atom is 0.233 e. The van der Waals surface area contributed by atoms with Crippen LogP contribution in [0, 0.1) is 0 Å². The number of rotatable bonds is 3. The Morgan fingerprint density at radius 3 is 3.00 bits per heavy atom. The Morgan fingerprint density at radius 2 is 2.43 bits per heavy atom. The minimum atomic E-state index is 0.470. The lowest BCUT2D eigenvalue weighted by Crippen LogP contribution is -2.22. The fraction of sp³-hybridized carbons (Fsp3) is 0.556.